The lowest BCUT2D eigenvalue weighted by atomic mass is 10.2. The molecule has 0 aromatic carbocycles. The van der Waals surface area contributed by atoms with Gasteiger partial charge in [0.2, 0.25) is 5.91 Å². The lowest BCUT2D eigenvalue weighted by Gasteiger charge is -2.19. The van der Waals surface area contributed by atoms with E-state index in [-0.39, 0.29) is 11.2 Å². The highest BCUT2D eigenvalue weighted by Gasteiger charge is 2.23. The molecule has 0 saturated carbocycles. The summed E-state index contributed by atoms with van der Waals surface area (Å²) in [7, 11) is 3.55. The van der Waals surface area contributed by atoms with Gasteiger partial charge in [-0.05, 0) is 12.3 Å². The summed E-state index contributed by atoms with van der Waals surface area (Å²) in [6.07, 6.45) is 0.758. The van der Waals surface area contributed by atoms with Gasteiger partial charge >= 0.3 is 0 Å². The van der Waals surface area contributed by atoms with Gasteiger partial charge in [0.1, 0.15) is 5.82 Å². The number of amides is 1. The van der Waals surface area contributed by atoms with Crippen LogP contribution >= 0.6 is 11.8 Å². The van der Waals surface area contributed by atoms with Crippen molar-refractivity contribution < 1.29 is 4.79 Å². The third-order valence-corrected chi connectivity index (χ3v) is 4.19. The van der Waals surface area contributed by atoms with Gasteiger partial charge in [0, 0.05) is 20.6 Å². The van der Waals surface area contributed by atoms with Crippen molar-refractivity contribution in [2.24, 2.45) is 11.7 Å². The zero-order valence-corrected chi connectivity index (χ0v) is 13.8. The second-order valence-electron chi connectivity index (χ2n) is 5.35. The molecule has 1 atom stereocenters. The maximum atomic E-state index is 12.1. The molecule has 0 aliphatic heterocycles. The normalized spacial score (nSPS) is 12.8. The predicted molar refractivity (Wildman–Crippen MR) is 81.4 cm³/mol. The van der Waals surface area contributed by atoms with Crippen LogP contribution in [0.25, 0.3) is 0 Å². The average molecular weight is 299 g/mol. The van der Waals surface area contributed by atoms with Crippen molar-refractivity contribution >= 4 is 17.7 Å². The van der Waals surface area contributed by atoms with Crippen molar-refractivity contribution in [1.29, 1.82) is 0 Å². The SMILES string of the molecule is CCC(Sc1nnc(CN)n1CC(C)C)C(=O)N(C)C. The molecule has 1 heterocycles. The minimum Gasteiger partial charge on any atom is -0.348 e. The Morgan fingerprint density at radius 2 is 2.05 bits per heavy atom. The van der Waals surface area contributed by atoms with Crippen LogP contribution in [-0.4, -0.2) is 44.9 Å². The van der Waals surface area contributed by atoms with Crippen LogP contribution in [0.15, 0.2) is 5.16 Å². The van der Waals surface area contributed by atoms with Crippen LogP contribution in [0.5, 0.6) is 0 Å². The first kappa shape index (κ1) is 17.0. The second kappa shape index (κ2) is 7.64. The highest BCUT2D eigenvalue weighted by atomic mass is 32.2. The second-order valence-corrected chi connectivity index (χ2v) is 6.52. The maximum absolute atomic E-state index is 12.1. The summed E-state index contributed by atoms with van der Waals surface area (Å²) in [6.45, 7) is 7.45. The zero-order chi connectivity index (χ0) is 15.3. The molecule has 7 heteroatoms. The molecule has 6 nitrogen and oxygen atoms in total. The Kier molecular flexibility index (Phi) is 6.48. The van der Waals surface area contributed by atoms with Crippen LogP contribution in [0.2, 0.25) is 0 Å². The lowest BCUT2D eigenvalue weighted by Crippen LogP contribution is -2.31. The number of carbonyl (C=O) groups excluding carboxylic acids is 1. The van der Waals surface area contributed by atoms with Crippen LogP contribution in [0.4, 0.5) is 0 Å². The lowest BCUT2D eigenvalue weighted by molar-refractivity contribution is -0.128. The molecule has 20 heavy (non-hydrogen) atoms. The standard InChI is InChI=1S/C13H25N5OS/c1-6-10(12(19)17(4)5)20-13-16-15-11(7-14)18(13)8-9(2)3/h9-10H,6-8,14H2,1-5H3. The molecule has 0 radical (unpaired) electrons. The Morgan fingerprint density at radius 1 is 1.40 bits per heavy atom. The van der Waals surface area contributed by atoms with Crippen molar-refractivity contribution in [2.45, 2.75) is 50.7 Å². The molecule has 0 aliphatic carbocycles. The molecule has 2 N–H and O–H groups in total. The van der Waals surface area contributed by atoms with Gasteiger partial charge in [-0.3, -0.25) is 4.79 Å². The van der Waals surface area contributed by atoms with E-state index in [2.05, 4.69) is 24.0 Å². The summed E-state index contributed by atoms with van der Waals surface area (Å²) in [5.41, 5.74) is 5.70. The van der Waals surface area contributed by atoms with E-state index < -0.39 is 0 Å². The molecule has 1 rings (SSSR count). The molecule has 114 valence electrons. The molecule has 0 spiro atoms. The predicted octanol–water partition coefficient (Wildman–Crippen LogP) is 1.35. The van der Waals surface area contributed by atoms with E-state index in [1.54, 1.807) is 19.0 Å². The largest absolute Gasteiger partial charge is 0.348 e. The fraction of sp³-hybridized carbons (Fsp3) is 0.769. The summed E-state index contributed by atoms with van der Waals surface area (Å²) in [5.74, 6) is 1.35. The monoisotopic (exact) mass is 299 g/mol. The quantitative estimate of drug-likeness (QED) is 0.769. The van der Waals surface area contributed by atoms with Crippen molar-refractivity contribution in [3.63, 3.8) is 0 Å². The number of aromatic nitrogens is 3. The summed E-state index contributed by atoms with van der Waals surface area (Å²) in [4.78, 5) is 13.7. The number of rotatable bonds is 7. The van der Waals surface area contributed by atoms with Gasteiger partial charge in [-0.2, -0.15) is 0 Å². The van der Waals surface area contributed by atoms with Gasteiger partial charge in [-0.15, -0.1) is 10.2 Å². The van der Waals surface area contributed by atoms with E-state index in [9.17, 15) is 4.79 Å². The fourth-order valence-corrected chi connectivity index (χ4v) is 2.96. The van der Waals surface area contributed by atoms with Crippen molar-refractivity contribution in [3.05, 3.63) is 5.82 Å². The minimum absolute atomic E-state index is 0.103. The van der Waals surface area contributed by atoms with Crippen LogP contribution < -0.4 is 5.73 Å². The van der Waals surface area contributed by atoms with Crippen LogP contribution in [0, 0.1) is 5.92 Å². The first-order chi connectivity index (χ1) is 9.40. The van der Waals surface area contributed by atoms with Crippen molar-refractivity contribution in [2.75, 3.05) is 14.1 Å². The van der Waals surface area contributed by atoms with Gasteiger partial charge in [0.15, 0.2) is 5.16 Å². The van der Waals surface area contributed by atoms with Crippen molar-refractivity contribution in [3.8, 4) is 0 Å². The molecule has 0 aliphatic rings. The van der Waals surface area contributed by atoms with Crippen molar-refractivity contribution in [1.82, 2.24) is 19.7 Å². The molecule has 0 fully saturated rings. The van der Waals surface area contributed by atoms with E-state index in [0.717, 1.165) is 23.9 Å². The molecule has 1 amide bonds. The first-order valence-electron chi connectivity index (χ1n) is 6.90. The minimum atomic E-state index is -0.134. The van der Waals surface area contributed by atoms with Crippen LogP contribution in [0.1, 0.15) is 33.0 Å². The number of thioether (sulfide) groups is 1. The number of nitrogens with two attached hydrogens (primary N) is 1. The Balaban J connectivity index is 2.95. The Hall–Kier alpha value is -1.08. The molecule has 1 unspecified atom stereocenters. The fourth-order valence-electron chi connectivity index (χ4n) is 1.83. The van der Waals surface area contributed by atoms with Gasteiger partial charge < -0.3 is 15.2 Å². The van der Waals surface area contributed by atoms with E-state index >= 15 is 0 Å². The zero-order valence-electron chi connectivity index (χ0n) is 13.0. The topological polar surface area (TPSA) is 77.0 Å². The third-order valence-electron chi connectivity index (χ3n) is 2.86. The van der Waals surface area contributed by atoms with Gasteiger partial charge in [0.25, 0.3) is 0 Å². The Bertz CT molecular complexity index is 444. The smallest absolute Gasteiger partial charge is 0.235 e. The highest BCUT2D eigenvalue weighted by molar-refractivity contribution is 8.00. The van der Waals surface area contributed by atoms with E-state index in [1.807, 2.05) is 11.5 Å². The van der Waals surface area contributed by atoms with Gasteiger partial charge in [0.05, 0.1) is 11.8 Å². The third kappa shape index (κ3) is 4.21. The molecular weight excluding hydrogens is 274 g/mol. The number of hydrogen-bond acceptors (Lipinski definition) is 5. The van der Waals surface area contributed by atoms with E-state index in [1.165, 1.54) is 11.8 Å². The van der Waals surface area contributed by atoms with Gasteiger partial charge in [-0.25, -0.2) is 0 Å². The molecular formula is C13H25N5OS. The number of hydrogen-bond donors (Lipinski definition) is 1. The average Bonchev–Trinajstić information content (AvgIpc) is 2.76. The maximum Gasteiger partial charge on any atom is 0.235 e. The van der Waals surface area contributed by atoms with E-state index in [0.29, 0.717) is 12.5 Å². The van der Waals surface area contributed by atoms with Crippen LogP contribution in [0.3, 0.4) is 0 Å². The summed E-state index contributed by atoms with van der Waals surface area (Å²) in [5, 5.41) is 8.96. The molecule has 0 bridgehead atoms. The summed E-state index contributed by atoms with van der Waals surface area (Å²) in [6, 6.07) is 0. The highest BCUT2D eigenvalue weighted by Crippen LogP contribution is 2.26. The Labute approximate surface area is 125 Å². The van der Waals surface area contributed by atoms with Crippen LogP contribution in [-0.2, 0) is 17.9 Å². The molecule has 0 saturated heterocycles. The number of carbonyl (C=O) groups is 1. The molecule has 1 aromatic heterocycles. The summed E-state index contributed by atoms with van der Waals surface area (Å²) >= 11 is 1.47. The van der Waals surface area contributed by atoms with E-state index in [4.69, 9.17) is 5.73 Å². The Morgan fingerprint density at radius 3 is 2.50 bits per heavy atom. The molecule has 1 aromatic rings. The first-order valence-corrected chi connectivity index (χ1v) is 7.78. The van der Waals surface area contributed by atoms with Gasteiger partial charge in [-0.1, -0.05) is 32.5 Å². The summed E-state index contributed by atoms with van der Waals surface area (Å²) < 4.78 is 2.03. The number of nitrogens with zero attached hydrogens (tertiary/aromatic N) is 4.